The Balaban J connectivity index is 2.05. The second kappa shape index (κ2) is 6.07. The molecule has 0 aliphatic rings. The number of nitrogens with two attached hydrogens (primary N) is 1. The number of primary sulfonamides is 1. The molecule has 0 unspecified atom stereocenters. The van der Waals surface area contributed by atoms with Gasteiger partial charge in [0, 0.05) is 6.54 Å². The molecule has 0 atom stereocenters. The molecule has 2 rings (SSSR count). The highest BCUT2D eigenvalue weighted by molar-refractivity contribution is 7.89. The Bertz CT molecular complexity index is 697. The van der Waals surface area contributed by atoms with Gasteiger partial charge in [-0.2, -0.15) is 0 Å². The lowest BCUT2D eigenvalue weighted by Gasteiger charge is -2.10. The van der Waals surface area contributed by atoms with E-state index in [0.29, 0.717) is 12.2 Å². The first-order valence-electron chi connectivity index (χ1n) is 6.38. The SMILES string of the molecule is Cc1cccc(CCNc2ccccc2S(N)(=O)=O)c1. The Labute approximate surface area is 119 Å². The number of anilines is 1. The molecule has 0 amide bonds. The summed E-state index contributed by atoms with van der Waals surface area (Å²) in [6, 6.07) is 14.9. The molecule has 0 fully saturated rings. The smallest absolute Gasteiger partial charge is 0.240 e. The Morgan fingerprint density at radius 1 is 1.10 bits per heavy atom. The lowest BCUT2D eigenvalue weighted by Crippen LogP contribution is -2.15. The van der Waals surface area contributed by atoms with E-state index in [9.17, 15) is 8.42 Å². The van der Waals surface area contributed by atoms with Crippen molar-refractivity contribution >= 4 is 15.7 Å². The predicted octanol–water partition coefficient (Wildman–Crippen LogP) is 2.30. The Hall–Kier alpha value is -1.85. The first kappa shape index (κ1) is 14.6. The second-order valence-electron chi connectivity index (χ2n) is 4.71. The molecule has 0 bridgehead atoms. The van der Waals surface area contributed by atoms with Crippen molar-refractivity contribution in [2.45, 2.75) is 18.2 Å². The van der Waals surface area contributed by atoms with Gasteiger partial charge in [0.2, 0.25) is 10.0 Å². The summed E-state index contributed by atoms with van der Waals surface area (Å²) >= 11 is 0. The molecule has 0 spiro atoms. The standard InChI is InChI=1S/C15H18N2O2S/c1-12-5-4-6-13(11-12)9-10-17-14-7-2-3-8-15(14)20(16,18)19/h2-8,11,17H,9-10H2,1H3,(H2,16,18,19). The van der Waals surface area contributed by atoms with E-state index >= 15 is 0 Å². The van der Waals surface area contributed by atoms with Gasteiger partial charge < -0.3 is 5.32 Å². The number of para-hydroxylation sites is 1. The van der Waals surface area contributed by atoms with Crippen LogP contribution < -0.4 is 10.5 Å². The zero-order chi connectivity index (χ0) is 14.6. The molecular formula is C15H18N2O2S. The molecular weight excluding hydrogens is 272 g/mol. The van der Waals surface area contributed by atoms with Crippen LogP contribution >= 0.6 is 0 Å². The highest BCUT2D eigenvalue weighted by Crippen LogP contribution is 2.19. The molecule has 0 aliphatic carbocycles. The van der Waals surface area contributed by atoms with Gasteiger partial charge in [0.05, 0.1) is 5.69 Å². The maximum atomic E-state index is 11.5. The Morgan fingerprint density at radius 3 is 2.55 bits per heavy atom. The van der Waals surface area contributed by atoms with Crippen LogP contribution in [0.4, 0.5) is 5.69 Å². The Morgan fingerprint density at radius 2 is 1.85 bits per heavy atom. The number of benzene rings is 2. The minimum absolute atomic E-state index is 0.129. The highest BCUT2D eigenvalue weighted by Gasteiger charge is 2.12. The number of rotatable bonds is 5. The summed E-state index contributed by atoms with van der Waals surface area (Å²) < 4.78 is 22.9. The van der Waals surface area contributed by atoms with Crippen LogP contribution in [0.1, 0.15) is 11.1 Å². The quantitative estimate of drug-likeness (QED) is 0.887. The minimum atomic E-state index is -3.70. The van der Waals surface area contributed by atoms with Gasteiger partial charge in [-0.3, -0.25) is 0 Å². The topological polar surface area (TPSA) is 72.2 Å². The molecule has 2 aromatic rings. The first-order valence-corrected chi connectivity index (χ1v) is 7.93. The van der Waals surface area contributed by atoms with Crippen molar-refractivity contribution in [2.75, 3.05) is 11.9 Å². The molecule has 4 nitrogen and oxygen atoms in total. The largest absolute Gasteiger partial charge is 0.384 e. The van der Waals surface area contributed by atoms with E-state index in [4.69, 9.17) is 5.14 Å². The minimum Gasteiger partial charge on any atom is -0.384 e. The molecule has 0 heterocycles. The normalized spacial score (nSPS) is 11.3. The number of nitrogens with one attached hydrogen (secondary N) is 1. The third kappa shape index (κ3) is 3.82. The fraction of sp³-hybridized carbons (Fsp3) is 0.200. The summed E-state index contributed by atoms with van der Waals surface area (Å²) in [5.41, 5.74) is 2.97. The second-order valence-corrected chi connectivity index (χ2v) is 6.24. The van der Waals surface area contributed by atoms with Crippen molar-refractivity contribution in [3.8, 4) is 0 Å². The third-order valence-electron chi connectivity index (χ3n) is 3.01. The molecule has 3 N–H and O–H groups in total. The van der Waals surface area contributed by atoms with Crippen LogP contribution in [-0.2, 0) is 16.4 Å². The zero-order valence-electron chi connectivity index (χ0n) is 11.3. The molecule has 2 aromatic carbocycles. The number of hydrogen-bond donors (Lipinski definition) is 2. The molecule has 0 radical (unpaired) electrons. The van der Waals surface area contributed by atoms with Crippen LogP contribution in [0.5, 0.6) is 0 Å². The average molecular weight is 290 g/mol. The van der Waals surface area contributed by atoms with Crippen molar-refractivity contribution in [1.29, 1.82) is 0 Å². The van der Waals surface area contributed by atoms with E-state index in [0.717, 1.165) is 6.42 Å². The van der Waals surface area contributed by atoms with E-state index in [2.05, 4.69) is 17.4 Å². The summed E-state index contributed by atoms with van der Waals surface area (Å²) in [5.74, 6) is 0. The third-order valence-corrected chi connectivity index (χ3v) is 3.97. The van der Waals surface area contributed by atoms with Crippen LogP contribution in [0.15, 0.2) is 53.4 Å². The van der Waals surface area contributed by atoms with E-state index in [1.54, 1.807) is 18.2 Å². The van der Waals surface area contributed by atoms with Crippen LogP contribution in [0.2, 0.25) is 0 Å². The molecule has 5 heteroatoms. The highest BCUT2D eigenvalue weighted by atomic mass is 32.2. The maximum Gasteiger partial charge on any atom is 0.240 e. The van der Waals surface area contributed by atoms with Crippen LogP contribution in [0.25, 0.3) is 0 Å². The monoisotopic (exact) mass is 290 g/mol. The molecule has 0 aromatic heterocycles. The predicted molar refractivity (Wildman–Crippen MR) is 81.2 cm³/mol. The number of hydrogen-bond acceptors (Lipinski definition) is 3. The molecule has 106 valence electrons. The fourth-order valence-corrected chi connectivity index (χ4v) is 2.78. The van der Waals surface area contributed by atoms with Gasteiger partial charge in [-0.25, -0.2) is 13.6 Å². The van der Waals surface area contributed by atoms with E-state index in [1.807, 2.05) is 19.1 Å². The van der Waals surface area contributed by atoms with Crippen LogP contribution in [0, 0.1) is 6.92 Å². The van der Waals surface area contributed by atoms with Crippen molar-refractivity contribution in [1.82, 2.24) is 0 Å². The average Bonchev–Trinajstić information content (AvgIpc) is 2.38. The van der Waals surface area contributed by atoms with Crippen molar-refractivity contribution in [3.63, 3.8) is 0 Å². The molecule has 0 aliphatic heterocycles. The van der Waals surface area contributed by atoms with Gasteiger partial charge in [0.25, 0.3) is 0 Å². The van der Waals surface area contributed by atoms with Crippen molar-refractivity contribution < 1.29 is 8.42 Å². The zero-order valence-corrected chi connectivity index (χ0v) is 12.2. The maximum absolute atomic E-state index is 11.5. The summed E-state index contributed by atoms with van der Waals surface area (Å²) in [6.07, 6.45) is 0.820. The lowest BCUT2D eigenvalue weighted by atomic mass is 10.1. The van der Waals surface area contributed by atoms with Crippen LogP contribution in [-0.4, -0.2) is 15.0 Å². The molecule has 0 saturated heterocycles. The molecule has 0 saturated carbocycles. The summed E-state index contributed by atoms with van der Waals surface area (Å²) in [7, 11) is -3.70. The van der Waals surface area contributed by atoms with E-state index < -0.39 is 10.0 Å². The first-order chi connectivity index (χ1) is 9.47. The van der Waals surface area contributed by atoms with Gasteiger partial charge >= 0.3 is 0 Å². The number of sulfonamides is 1. The van der Waals surface area contributed by atoms with E-state index in [1.165, 1.54) is 17.2 Å². The summed E-state index contributed by atoms with van der Waals surface area (Å²) in [6.45, 7) is 2.70. The molecule has 20 heavy (non-hydrogen) atoms. The van der Waals surface area contributed by atoms with Gasteiger partial charge in [-0.15, -0.1) is 0 Å². The number of aryl methyl sites for hydroxylation is 1. The summed E-state index contributed by atoms with van der Waals surface area (Å²) in [4.78, 5) is 0.129. The van der Waals surface area contributed by atoms with Crippen LogP contribution in [0.3, 0.4) is 0 Å². The van der Waals surface area contributed by atoms with Gasteiger partial charge in [-0.1, -0.05) is 42.0 Å². The van der Waals surface area contributed by atoms with Gasteiger partial charge in [-0.05, 0) is 31.0 Å². The van der Waals surface area contributed by atoms with E-state index in [-0.39, 0.29) is 4.90 Å². The lowest BCUT2D eigenvalue weighted by molar-refractivity contribution is 0.598. The van der Waals surface area contributed by atoms with Gasteiger partial charge in [0.1, 0.15) is 4.90 Å². The Kier molecular flexibility index (Phi) is 4.42. The van der Waals surface area contributed by atoms with Crippen molar-refractivity contribution in [3.05, 3.63) is 59.7 Å². The van der Waals surface area contributed by atoms with Gasteiger partial charge in [0.15, 0.2) is 0 Å². The van der Waals surface area contributed by atoms with Crippen molar-refractivity contribution in [2.24, 2.45) is 5.14 Å². The fourth-order valence-electron chi connectivity index (χ4n) is 2.07. The summed E-state index contributed by atoms with van der Waals surface area (Å²) in [5, 5.41) is 8.32.